The number of Topliss-reactive ketones (excluding diaryl/α,β-unsaturated/α-hetero) is 1. The molecule has 1 nitrogen and oxygen atoms in total. The third-order valence-electron chi connectivity index (χ3n) is 5.03. The Morgan fingerprint density at radius 3 is 2.50 bits per heavy atom. The van der Waals surface area contributed by atoms with E-state index in [1.165, 1.54) is 11.1 Å². The molecule has 0 amide bonds. The van der Waals surface area contributed by atoms with Crippen molar-refractivity contribution in [3.8, 4) is 11.1 Å². The molecule has 0 aromatic heterocycles. The molecule has 0 radical (unpaired) electrons. The predicted octanol–water partition coefficient (Wildman–Crippen LogP) is 6.67. The molecule has 0 aliphatic heterocycles. The fourth-order valence-corrected chi connectivity index (χ4v) is 3.35. The second-order valence-corrected chi connectivity index (χ2v) is 8.03. The van der Waals surface area contributed by atoms with Crippen LogP contribution in [0.2, 0.25) is 0 Å². The summed E-state index contributed by atoms with van der Waals surface area (Å²) in [5.74, 6) is 0.129. The Labute approximate surface area is 157 Å². The fourth-order valence-electron chi connectivity index (χ4n) is 3.35. The zero-order valence-electron chi connectivity index (χ0n) is 16.3. The van der Waals surface area contributed by atoms with Crippen molar-refractivity contribution in [2.45, 2.75) is 52.4 Å². The molecule has 2 aromatic carbocycles. The number of carbonyl (C=O) groups is 1. The molecular formula is C25H28O. The first kappa shape index (κ1) is 18.4. The Morgan fingerprint density at radius 2 is 1.85 bits per heavy atom. The van der Waals surface area contributed by atoms with Gasteiger partial charge < -0.3 is 0 Å². The standard InChI is InChI=1S/C25H28O/c1-5-18-10-9-13-20(16-18)22-15-14-21(25(2,3)4)17-23(22)24(26)19-11-7-6-8-12-19/h7,9-17H,5-6,8H2,1-4H3. The molecule has 0 heterocycles. The van der Waals surface area contributed by atoms with Gasteiger partial charge in [0.2, 0.25) is 0 Å². The average molecular weight is 344 g/mol. The van der Waals surface area contributed by atoms with Crippen LogP contribution in [0.5, 0.6) is 0 Å². The number of aryl methyl sites for hydroxylation is 1. The summed E-state index contributed by atoms with van der Waals surface area (Å²) < 4.78 is 0. The number of allylic oxidation sites excluding steroid dienone is 4. The van der Waals surface area contributed by atoms with E-state index in [-0.39, 0.29) is 11.2 Å². The van der Waals surface area contributed by atoms with Crippen molar-refractivity contribution in [3.63, 3.8) is 0 Å². The largest absolute Gasteiger partial charge is 0.289 e. The van der Waals surface area contributed by atoms with Gasteiger partial charge in [-0.15, -0.1) is 0 Å². The molecule has 1 heteroatoms. The van der Waals surface area contributed by atoms with Crippen LogP contribution in [-0.2, 0) is 11.8 Å². The molecule has 26 heavy (non-hydrogen) atoms. The van der Waals surface area contributed by atoms with Gasteiger partial charge in [0, 0.05) is 11.1 Å². The van der Waals surface area contributed by atoms with E-state index in [1.54, 1.807) is 0 Å². The Hall–Kier alpha value is -2.41. The number of hydrogen-bond donors (Lipinski definition) is 0. The van der Waals surface area contributed by atoms with E-state index in [1.807, 2.05) is 6.08 Å². The zero-order chi connectivity index (χ0) is 18.7. The minimum absolute atomic E-state index is 0.00954. The lowest BCUT2D eigenvalue weighted by molar-refractivity contribution is 0.103. The van der Waals surface area contributed by atoms with E-state index in [4.69, 9.17) is 0 Å². The Kier molecular flexibility index (Phi) is 5.27. The highest BCUT2D eigenvalue weighted by Crippen LogP contribution is 2.32. The minimum atomic E-state index is 0.00954. The molecule has 0 saturated carbocycles. The molecule has 134 valence electrons. The minimum Gasteiger partial charge on any atom is -0.289 e. The highest BCUT2D eigenvalue weighted by atomic mass is 16.1. The van der Waals surface area contributed by atoms with Crippen molar-refractivity contribution in [1.82, 2.24) is 0 Å². The van der Waals surface area contributed by atoms with E-state index in [0.29, 0.717) is 0 Å². The summed E-state index contributed by atoms with van der Waals surface area (Å²) in [4.78, 5) is 13.3. The first-order valence-corrected chi connectivity index (χ1v) is 9.55. The molecule has 0 saturated heterocycles. The molecule has 2 aromatic rings. The molecule has 1 aliphatic carbocycles. The van der Waals surface area contributed by atoms with E-state index >= 15 is 0 Å². The van der Waals surface area contributed by atoms with Crippen LogP contribution in [0.25, 0.3) is 11.1 Å². The highest BCUT2D eigenvalue weighted by molar-refractivity contribution is 6.14. The van der Waals surface area contributed by atoms with Crippen LogP contribution in [0, 0.1) is 0 Å². The van der Waals surface area contributed by atoms with Gasteiger partial charge in [0.1, 0.15) is 0 Å². The molecule has 0 bridgehead atoms. The quantitative estimate of drug-likeness (QED) is 0.566. The van der Waals surface area contributed by atoms with Crippen LogP contribution < -0.4 is 0 Å². The second-order valence-electron chi connectivity index (χ2n) is 8.03. The Morgan fingerprint density at radius 1 is 1.04 bits per heavy atom. The van der Waals surface area contributed by atoms with Crippen molar-refractivity contribution in [2.75, 3.05) is 0 Å². The third-order valence-corrected chi connectivity index (χ3v) is 5.03. The van der Waals surface area contributed by atoms with Gasteiger partial charge in [0.15, 0.2) is 5.78 Å². The van der Waals surface area contributed by atoms with Crippen LogP contribution >= 0.6 is 0 Å². The lowest BCUT2D eigenvalue weighted by atomic mass is 9.82. The number of hydrogen-bond acceptors (Lipinski definition) is 1. The van der Waals surface area contributed by atoms with Gasteiger partial charge in [-0.05, 0) is 53.0 Å². The van der Waals surface area contributed by atoms with Crippen LogP contribution in [-0.4, -0.2) is 5.78 Å². The van der Waals surface area contributed by atoms with Gasteiger partial charge in [0.05, 0.1) is 0 Å². The zero-order valence-corrected chi connectivity index (χ0v) is 16.3. The first-order chi connectivity index (χ1) is 12.4. The maximum atomic E-state index is 13.3. The van der Waals surface area contributed by atoms with Gasteiger partial charge in [-0.1, -0.05) is 82.3 Å². The number of rotatable bonds is 4. The van der Waals surface area contributed by atoms with Gasteiger partial charge >= 0.3 is 0 Å². The summed E-state index contributed by atoms with van der Waals surface area (Å²) in [5.41, 5.74) is 6.26. The summed E-state index contributed by atoms with van der Waals surface area (Å²) in [7, 11) is 0. The topological polar surface area (TPSA) is 17.1 Å². The Balaban J connectivity index is 2.15. The molecule has 1 aliphatic rings. The molecule has 0 fully saturated rings. The summed E-state index contributed by atoms with van der Waals surface area (Å²) in [6.45, 7) is 8.72. The normalized spacial score (nSPS) is 14.2. The summed E-state index contributed by atoms with van der Waals surface area (Å²) >= 11 is 0. The van der Waals surface area contributed by atoms with Crippen LogP contribution in [0.15, 0.2) is 66.3 Å². The molecule has 0 unspecified atom stereocenters. The molecule has 3 rings (SSSR count). The van der Waals surface area contributed by atoms with E-state index < -0.39 is 0 Å². The van der Waals surface area contributed by atoms with Gasteiger partial charge in [-0.25, -0.2) is 0 Å². The van der Waals surface area contributed by atoms with Gasteiger partial charge in [0.25, 0.3) is 0 Å². The average Bonchev–Trinajstić information content (AvgIpc) is 2.67. The molecule has 0 N–H and O–H groups in total. The Bertz CT molecular complexity index is 875. The first-order valence-electron chi connectivity index (χ1n) is 9.55. The summed E-state index contributed by atoms with van der Waals surface area (Å²) in [5, 5.41) is 0. The number of benzene rings is 2. The maximum Gasteiger partial charge on any atom is 0.193 e. The van der Waals surface area contributed by atoms with Crippen molar-refractivity contribution >= 4 is 5.78 Å². The van der Waals surface area contributed by atoms with Gasteiger partial charge in [-0.2, -0.15) is 0 Å². The van der Waals surface area contributed by atoms with E-state index in [9.17, 15) is 4.79 Å². The SMILES string of the molecule is CCc1cccc(-c2ccc(C(C)(C)C)cc2C(=O)C2=CCCC=C2)c1. The van der Waals surface area contributed by atoms with E-state index in [2.05, 4.69) is 82.3 Å². The fraction of sp³-hybridized carbons (Fsp3) is 0.320. The van der Waals surface area contributed by atoms with Gasteiger partial charge in [-0.3, -0.25) is 4.79 Å². The maximum absolute atomic E-state index is 13.3. The summed E-state index contributed by atoms with van der Waals surface area (Å²) in [6, 6.07) is 14.9. The smallest absolute Gasteiger partial charge is 0.193 e. The van der Waals surface area contributed by atoms with Crippen LogP contribution in [0.3, 0.4) is 0 Å². The predicted molar refractivity (Wildman–Crippen MR) is 111 cm³/mol. The van der Waals surface area contributed by atoms with Crippen molar-refractivity contribution in [1.29, 1.82) is 0 Å². The summed E-state index contributed by atoms with van der Waals surface area (Å²) in [6.07, 6.45) is 9.09. The van der Waals surface area contributed by atoms with Crippen molar-refractivity contribution in [2.24, 2.45) is 0 Å². The van der Waals surface area contributed by atoms with Crippen molar-refractivity contribution < 1.29 is 4.79 Å². The molecule has 0 spiro atoms. The molecule has 0 atom stereocenters. The second kappa shape index (κ2) is 7.45. The number of ketones is 1. The lowest BCUT2D eigenvalue weighted by Gasteiger charge is -2.22. The number of carbonyl (C=O) groups excluding carboxylic acids is 1. The highest BCUT2D eigenvalue weighted by Gasteiger charge is 2.21. The van der Waals surface area contributed by atoms with E-state index in [0.717, 1.165) is 41.5 Å². The van der Waals surface area contributed by atoms with Crippen molar-refractivity contribution in [3.05, 3.63) is 83.0 Å². The van der Waals surface area contributed by atoms with Crippen LogP contribution in [0.4, 0.5) is 0 Å². The monoisotopic (exact) mass is 344 g/mol. The molecular weight excluding hydrogens is 316 g/mol. The lowest BCUT2D eigenvalue weighted by Crippen LogP contribution is -2.14. The third kappa shape index (κ3) is 3.88. The van der Waals surface area contributed by atoms with Crippen LogP contribution in [0.1, 0.15) is 62.0 Å².